The average molecular weight is 950 g/mol. The molecule has 5 aromatic carbocycles. The second-order valence-corrected chi connectivity index (χ2v) is 16.0. The zero-order valence-corrected chi connectivity index (χ0v) is 38.4. The first kappa shape index (κ1) is 51.0. The van der Waals surface area contributed by atoms with Crippen molar-refractivity contribution in [1.29, 1.82) is 5.41 Å². The van der Waals surface area contributed by atoms with Crippen molar-refractivity contribution in [2.24, 2.45) is 5.41 Å². The number of halogens is 2. The van der Waals surface area contributed by atoms with Crippen molar-refractivity contribution < 1.29 is 70.6 Å². The lowest BCUT2D eigenvalue weighted by atomic mass is 9.84. The van der Waals surface area contributed by atoms with Crippen LogP contribution in [0.25, 0.3) is 16.8 Å². The van der Waals surface area contributed by atoms with Crippen LogP contribution in [0.5, 0.6) is 34.5 Å². The highest BCUT2D eigenvalue weighted by Gasteiger charge is 2.36. The molecule has 1 N–H and O–H groups in total. The van der Waals surface area contributed by atoms with Crippen molar-refractivity contribution in [3.05, 3.63) is 138 Å². The molecule has 1 fully saturated rings. The third-order valence-electron chi connectivity index (χ3n) is 11.0. The summed E-state index contributed by atoms with van der Waals surface area (Å²) >= 11 is 0. The molecule has 0 amide bonds. The largest absolute Gasteiger partial charge is 0.493 e. The maximum atomic E-state index is 14.9. The van der Waals surface area contributed by atoms with Crippen molar-refractivity contribution in [2.45, 2.75) is 45.4 Å². The Kier molecular flexibility index (Phi) is 18.5. The summed E-state index contributed by atoms with van der Waals surface area (Å²) in [6, 6.07) is 20.7. The molecule has 0 saturated carbocycles. The second kappa shape index (κ2) is 25.1. The van der Waals surface area contributed by atoms with E-state index in [4.69, 9.17) is 48.0 Å². The summed E-state index contributed by atoms with van der Waals surface area (Å²) in [7, 11) is 1.40. The van der Waals surface area contributed by atoms with Gasteiger partial charge < -0.3 is 48.0 Å². The molecule has 0 aromatic heterocycles. The van der Waals surface area contributed by atoms with Crippen LogP contribution in [0, 0.1) is 22.5 Å². The minimum absolute atomic E-state index is 0.0160. The van der Waals surface area contributed by atoms with Crippen molar-refractivity contribution in [1.82, 2.24) is 0 Å². The zero-order chi connectivity index (χ0) is 49.2. The number of rotatable bonds is 26. The van der Waals surface area contributed by atoms with Gasteiger partial charge in [-0.2, -0.15) is 0 Å². The van der Waals surface area contributed by atoms with Crippen molar-refractivity contribution >= 4 is 46.9 Å². The predicted molar refractivity (Wildman–Crippen MR) is 252 cm³/mol. The molecule has 1 heterocycles. The van der Waals surface area contributed by atoms with Crippen molar-refractivity contribution in [3.63, 3.8) is 0 Å². The fraction of sp³-hybridized carbons (Fsp3) is 0.302. The minimum Gasteiger partial charge on any atom is -0.493 e. The summed E-state index contributed by atoms with van der Waals surface area (Å²) in [5.74, 6) is -4.85. The number of esters is 4. The number of carbonyl (C=O) groups excluding carboxylic acids is 4. The summed E-state index contributed by atoms with van der Waals surface area (Å²) in [6.45, 7) is 8.91. The first-order valence-corrected chi connectivity index (χ1v) is 22.3. The topological polar surface area (TPSA) is 175 Å². The van der Waals surface area contributed by atoms with E-state index >= 15 is 0 Å². The van der Waals surface area contributed by atoms with E-state index in [9.17, 15) is 28.0 Å². The van der Waals surface area contributed by atoms with Gasteiger partial charge in [-0.15, -0.1) is 0 Å². The molecule has 1 aliphatic heterocycles. The molecule has 0 atom stereocenters. The maximum Gasteiger partial charge on any atom is 0.343 e. The molecule has 0 aliphatic carbocycles. The Morgan fingerprint density at radius 2 is 1.38 bits per heavy atom. The van der Waals surface area contributed by atoms with E-state index in [0.717, 1.165) is 80.2 Å². The molecule has 69 heavy (non-hydrogen) atoms. The highest BCUT2D eigenvalue weighted by Crippen LogP contribution is 2.33. The van der Waals surface area contributed by atoms with Gasteiger partial charge in [-0.05, 0) is 115 Å². The van der Waals surface area contributed by atoms with E-state index in [1.165, 1.54) is 37.5 Å². The van der Waals surface area contributed by atoms with Gasteiger partial charge in [0.1, 0.15) is 17.2 Å². The number of benzene rings is 5. The molecule has 0 radical (unpaired) electrons. The standard InChI is InChI=1S/C53H53F2NO13/c1-4-48(57)65-24-10-23-64-41-16-15-36-26-38(14-13-37(36)27-41)51(59)69-46-18-11-35(25-47(46)61-3)12-20-49(58)67-42-17-19-45(40(28-42)31-56)68-52(60)39-29-43(54)50(44(55)30-39)66-22-9-7-6-8-21-62-32-53(5-2)33-63-34-53/h4,11-20,25-31,56H,1,5-10,21-24,32-34H2,2-3H3/b20-12+,56-31?. The zero-order valence-electron chi connectivity index (χ0n) is 38.4. The molecule has 16 heteroatoms. The summed E-state index contributed by atoms with van der Waals surface area (Å²) in [5, 5.41) is 9.44. The Hall–Kier alpha value is -7.43. The molecule has 0 bridgehead atoms. The lowest BCUT2D eigenvalue weighted by molar-refractivity contribution is -0.150. The van der Waals surface area contributed by atoms with E-state index < -0.39 is 46.8 Å². The molecule has 1 saturated heterocycles. The van der Waals surface area contributed by atoms with Crippen molar-refractivity contribution in [3.8, 4) is 34.5 Å². The highest BCUT2D eigenvalue weighted by molar-refractivity contribution is 5.97. The Bertz CT molecular complexity index is 2650. The van der Waals surface area contributed by atoms with Crippen molar-refractivity contribution in [2.75, 3.05) is 53.4 Å². The van der Waals surface area contributed by atoms with Crippen LogP contribution in [0.1, 0.15) is 77.3 Å². The Labute approximate surface area is 398 Å². The van der Waals surface area contributed by atoms with Gasteiger partial charge in [0.25, 0.3) is 0 Å². The Balaban J connectivity index is 0.953. The van der Waals surface area contributed by atoms with Gasteiger partial charge in [-0.3, -0.25) is 0 Å². The maximum absolute atomic E-state index is 14.9. The van der Waals surface area contributed by atoms with Crippen LogP contribution in [0.3, 0.4) is 0 Å². The third-order valence-corrected chi connectivity index (χ3v) is 11.0. The first-order valence-electron chi connectivity index (χ1n) is 22.3. The summed E-state index contributed by atoms with van der Waals surface area (Å²) in [5.41, 5.74) is 0.572. The van der Waals surface area contributed by atoms with Gasteiger partial charge in [0.05, 0.1) is 57.9 Å². The Morgan fingerprint density at radius 1 is 0.696 bits per heavy atom. The van der Waals surface area contributed by atoms with Crippen LogP contribution in [0.2, 0.25) is 0 Å². The number of methoxy groups -OCH3 is 1. The van der Waals surface area contributed by atoms with Gasteiger partial charge in [-0.1, -0.05) is 38.1 Å². The fourth-order valence-corrected chi connectivity index (χ4v) is 6.94. The monoisotopic (exact) mass is 949 g/mol. The molecule has 0 unspecified atom stereocenters. The van der Waals surface area contributed by atoms with E-state index in [0.29, 0.717) is 49.5 Å². The number of carbonyl (C=O) groups is 4. The smallest absolute Gasteiger partial charge is 0.343 e. The number of nitrogens with one attached hydrogen (secondary N) is 1. The summed E-state index contributed by atoms with van der Waals surface area (Å²) in [6.07, 6.45) is 9.17. The third kappa shape index (κ3) is 14.5. The molecule has 14 nitrogen and oxygen atoms in total. The molecule has 6 rings (SSSR count). The number of hydrogen-bond acceptors (Lipinski definition) is 14. The van der Waals surface area contributed by atoms with Gasteiger partial charge in [0.2, 0.25) is 0 Å². The van der Waals surface area contributed by atoms with Crippen LogP contribution in [-0.2, 0) is 23.8 Å². The molecular weight excluding hydrogens is 897 g/mol. The number of ether oxygens (including phenoxy) is 9. The van der Waals surface area contributed by atoms with Gasteiger partial charge in [0, 0.05) is 42.4 Å². The first-order chi connectivity index (χ1) is 33.4. The number of fused-ring (bicyclic) bond motifs is 1. The Morgan fingerprint density at radius 3 is 2.09 bits per heavy atom. The van der Waals surface area contributed by atoms with Crippen LogP contribution < -0.4 is 28.4 Å². The van der Waals surface area contributed by atoms with Gasteiger partial charge in [-0.25, -0.2) is 28.0 Å². The number of unbranched alkanes of at least 4 members (excludes halogenated alkanes) is 3. The molecular formula is C53H53F2NO13. The SMILES string of the molecule is C=CC(=O)OCCCOc1ccc2cc(C(=O)Oc3ccc(/C=C/C(=O)Oc4ccc(OC(=O)c5cc(F)c(OCCCCCCOCC6(CC)COC6)c(F)c5)c(C=N)c4)cc3OC)ccc2c1. The number of hydrogen-bond donors (Lipinski definition) is 1. The molecule has 1 aliphatic rings. The summed E-state index contributed by atoms with van der Waals surface area (Å²) in [4.78, 5) is 50.1. The normalized spacial score (nSPS) is 12.7. The second-order valence-electron chi connectivity index (χ2n) is 16.0. The van der Waals surface area contributed by atoms with Crippen LogP contribution >= 0.6 is 0 Å². The highest BCUT2D eigenvalue weighted by atomic mass is 19.1. The van der Waals surface area contributed by atoms with Gasteiger partial charge in [0.15, 0.2) is 28.9 Å². The molecule has 0 spiro atoms. The van der Waals surface area contributed by atoms with Gasteiger partial charge >= 0.3 is 23.9 Å². The fourth-order valence-electron chi connectivity index (χ4n) is 6.94. The quantitative estimate of drug-likeness (QED) is 0.0182. The average Bonchev–Trinajstić information content (AvgIpc) is 3.34. The van der Waals surface area contributed by atoms with E-state index in [-0.39, 0.29) is 47.2 Å². The molecule has 5 aromatic rings. The van der Waals surface area contributed by atoms with Crippen LogP contribution in [-0.4, -0.2) is 83.4 Å². The minimum atomic E-state index is -1.08. The lowest BCUT2D eigenvalue weighted by Gasteiger charge is -2.40. The van der Waals surface area contributed by atoms with E-state index in [1.54, 1.807) is 36.4 Å². The van der Waals surface area contributed by atoms with Crippen LogP contribution in [0.15, 0.2) is 104 Å². The summed E-state index contributed by atoms with van der Waals surface area (Å²) < 4.78 is 78.9. The van der Waals surface area contributed by atoms with E-state index in [1.807, 2.05) is 12.1 Å². The predicted octanol–water partition coefficient (Wildman–Crippen LogP) is 10.1. The lowest BCUT2D eigenvalue weighted by Crippen LogP contribution is -2.45. The molecule has 362 valence electrons. The van der Waals surface area contributed by atoms with E-state index in [2.05, 4.69) is 13.5 Å². The van der Waals surface area contributed by atoms with Crippen LogP contribution in [0.4, 0.5) is 8.78 Å².